The minimum absolute atomic E-state index is 0.560. The van der Waals surface area contributed by atoms with Crippen molar-refractivity contribution in [3.8, 4) is 11.3 Å². The summed E-state index contributed by atoms with van der Waals surface area (Å²) < 4.78 is 0. The van der Waals surface area contributed by atoms with Crippen molar-refractivity contribution in [2.24, 2.45) is 0 Å². The van der Waals surface area contributed by atoms with Crippen LogP contribution in [0.15, 0.2) is 91.5 Å². The Balaban J connectivity index is 1.16. The summed E-state index contributed by atoms with van der Waals surface area (Å²) in [5, 5.41) is 11.4. The quantitative estimate of drug-likeness (QED) is 0.220. The molecule has 0 spiro atoms. The third-order valence-corrected chi connectivity index (χ3v) is 7.19. The highest BCUT2D eigenvalue weighted by molar-refractivity contribution is 5.96. The van der Waals surface area contributed by atoms with Crippen molar-refractivity contribution in [1.82, 2.24) is 19.9 Å². The van der Waals surface area contributed by atoms with Crippen molar-refractivity contribution >= 4 is 39.0 Å². The molecule has 0 radical (unpaired) electrons. The van der Waals surface area contributed by atoms with Gasteiger partial charge in [-0.15, -0.1) is 0 Å². The Labute approximate surface area is 227 Å². The van der Waals surface area contributed by atoms with Crippen LogP contribution in [0.3, 0.4) is 0 Å². The third-order valence-electron chi connectivity index (χ3n) is 7.19. The summed E-state index contributed by atoms with van der Waals surface area (Å²) in [4.78, 5) is 17.6. The van der Waals surface area contributed by atoms with E-state index in [0.717, 1.165) is 33.7 Å². The third kappa shape index (κ3) is 4.94. The topological polar surface area (TPSA) is 102 Å². The molecule has 3 aromatic heterocycles. The van der Waals surface area contributed by atoms with Gasteiger partial charge in [-0.05, 0) is 82.6 Å². The molecule has 39 heavy (non-hydrogen) atoms. The summed E-state index contributed by atoms with van der Waals surface area (Å²) in [5.74, 6) is 2.09. The summed E-state index contributed by atoms with van der Waals surface area (Å²) in [6.07, 6.45) is 5.17. The summed E-state index contributed by atoms with van der Waals surface area (Å²) >= 11 is 0. The van der Waals surface area contributed by atoms with Gasteiger partial charge >= 0.3 is 0 Å². The molecule has 0 aliphatic rings. The lowest BCUT2D eigenvalue weighted by Gasteiger charge is -2.15. The molecule has 0 saturated carbocycles. The largest absolute Gasteiger partial charge is 0.383 e. The number of nitrogen functional groups attached to an aromatic ring is 1. The maximum atomic E-state index is 6.10. The first-order valence-corrected chi connectivity index (χ1v) is 12.9. The van der Waals surface area contributed by atoms with E-state index in [0.29, 0.717) is 18.9 Å². The number of pyridine rings is 2. The highest BCUT2D eigenvalue weighted by atomic mass is 15.1. The second-order valence-corrected chi connectivity index (χ2v) is 9.66. The zero-order valence-corrected chi connectivity index (χ0v) is 21.9. The average molecular weight is 512 g/mol. The number of aryl methyl sites for hydroxylation is 2. The van der Waals surface area contributed by atoms with Crippen molar-refractivity contribution < 1.29 is 0 Å². The monoisotopic (exact) mass is 511 g/mol. The van der Waals surface area contributed by atoms with E-state index in [9.17, 15) is 0 Å². The maximum Gasteiger partial charge on any atom is 0.131 e. The predicted molar refractivity (Wildman–Crippen MR) is 159 cm³/mol. The first kappa shape index (κ1) is 24.3. The second kappa shape index (κ2) is 10.4. The molecule has 0 atom stereocenters. The lowest BCUT2D eigenvalue weighted by atomic mass is 9.96. The number of hydrogen-bond donors (Lipinski definition) is 3. The van der Waals surface area contributed by atoms with Crippen LogP contribution in [-0.4, -0.2) is 19.9 Å². The van der Waals surface area contributed by atoms with E-state index in [4.69, 9.17) is 5.73 Å². The van der Waals surface area contributed by atoms with E-state index in [1.165, 1.54) is 33.0 Å². The van der Waals surface area contributed by atoms with Gasteiger partial charge < -0.3 is 16.4 Å². The number of fused-ring (bicyclic) bond motifs is 2. The maximum absolute atomic E-state index is 6.10. The van der Waals surface area contributed by atoms with Gasteiger partial charge in [0.2, 0.25) is 0 Å². The van der Waals surface area contributed by atoms with E-state index >= 15 is 0 Å². The zero-order chi connectivity index (χ0) is 26.8. The van der Waals surface area contributed by atoms with Gasteiger partial charge in [-0.3, -0.25) is 4.98 Å². The fourth-order valence-electron chi connectivity index (χ4n) is 5.11. The van der Waals surface area contributed by atoms with Crippen LogP contribution < -0.4 is 16.4 Å². The highest BCUT2D eigenvalue weighted by Crippen LogP contribution is 2.29. The minimum atomic E-state index is 0.560. The Hall–Kier alpha value is -5.04. The van der Waals surface area contributed by atoms with E-state index < -0.39 is 0 Å². The van der Waals surface area contributed by atoms with Crippen molar-refractivity contribution in [2.75, 3.05) is 16.4 Å². The van der Waals surface area contributed by atoms with Crippen LogP contribution in [0, 0.1) is 13.8 Å². The van der Waals surface area contributed by atoms with E-state index in [2.05, 4.69) is 86.9 Å². The molecule has 192 valence electrons. The fraction of sp³-hybridized carbons (Fsp3) is 0.125. The van der Waals surface area contributed by atoms with Crippen LogP contribution in [0.1, 0.15) is 22.3 Å². The molecule has 0 unspecified atom stereocenters. The molecular formula is C32H29N7. The summed E-state index contributed by atoms with van der Waals surface area (Å²) in [5.41, 5.74) is 13.0. The van der Waals surface area contributed by atoms with Gasteiger partial charge in [0.1, 0.15) is 23.8 Å². The molecule has 0 saturated heterocycles. The van der Waals surface area contributed by atoms with Crippen LogP contribution in [0.5, 0.6) is 0 Å². The molecule has 0 aliphatic carbocycles. The molecule has 6 aromatic rings. The van der Waals surface area contributed by atoms with E-state index in [1.807, 2.05) is 36.5 Å². The Morgan fingerprint density at radius 2 is 1.54 bits per heavy atom. The van der Waals surface area contributed by atoms with E-state index in [1.54, 1.807) is 12.5 Å². The van der Waals surface area contributed by atoms with Gasteiger partial charge in [-0.1, -0.05) is 36.4 Å². The number of aromatic nitrogens is 4. The smallest absolute Gasteiger partial charge is 0.131 e. The Morgan fingerprint density at radius 3 is 2.36 bits per heavy atom. The van der Waals surface area contributed by atoms with Gasteiger partial charge in [0.15, 0.2) is 0 Å². The highest BCUT2D eigenvalue weighted by Gasteiger charge is 2.11. The fourth-order valence-corrected chi connectivity index (χ4v) is 5.11. The second-order valence-electron chi connectivity index (χ2n) is 9.66. The van der Waals surface area contributed by atoms with Gasteiger partial charge in [0.05, 0.1) is 5.69 Å². The molecule has 4 N–H and O–H groups in total. The van der Waals surface area contributed by atoms with Crippen molar-refractivity contribution in [3.05, 3.63) is 114 Å². The Morgan fingerprint density at radius 1 is 0.692 bits per heavy atom. The Kier molecular flexibility index (Phi) is 6.47. The number of nitrogens with zero attached hydrogens (tertiary/aromatic N) is 4. The lowest BCUT2D eigenvalue weighted by molar-refractivity contribution is 1.04. The molecular weight excluding hydrogens is 482 g/mol. The van der Waals surface area contributed by atoms with Crippen LogP contribution in [0.4, 0.5) is 17.5 Å². The number of anilines is 3. The first-order valence-electron chi connectivity index (χ1n) is 12.9. The van der Waals surface area contributed by atoms with Crippen molar-refractivity contribution in [3.63, 3.8) is 0 Å². The van der Waals surface area contributed by atoms with Crippen LogP contribution in [-0.2, 0) is 13.1 Å². The van der Waals surface area contributed by atoms with Crippen molar-refractivity contribution in [2.45, 2.75) is 26.9 Å². The SMILES string of the molecule is Cc1cc2c(N)nccc2c(C)c1CNc1cc(NCc2ccc3c(-c4ccccn4)cccc3c2)ncn1. The number of nitrogens with two attached hydrogens (primary N) is 1. The van der Waals surface area contributed by atoms with Gasteiger partial charge in [0, 0.05) is 42.5 Å². The summed E-state index contributed by atoms with van der Waals surface area (Å²) in [6, 6.07) is 24.9. The number of hydrogen-bond acceptors (Lipinski definition) is 7. The minimum Gasteiger partial charge on any atom is -0.383 e. The summed E-state index contributed by atoms with van der Waals surface area (Å²) in [7, 11) is 0. The normalized spacial score (nSPS) is 11.1. The summed E-state index contributed by atoms with van der Waals surface area (Å²) in [6.45, 7) is 5.53. The molecule has 0 amide bonds. The average Bonchev–Trinajstić information content (AvgIpc) is 2.97. The molecule has 3 aromatic carbocycles. The molecule has 0 fully saturated rings. The molecule has 7 nitrogen and oxygen atoms in total. The molecule has 7 heteroatoms. The number of rotatable bonds is 7. The number of benzene rings is 3. The molecule has 0 aliphatic heterocycles. The van der Waals surface area contributed by atoms with Crippen LogP contribution in [0.25, 0.3) is 32.8 Å². The first-order chi connectivity index (χ1) is 19.1. The van der Waals surface area contributed by atoms with Gasteiger partial charge in [-0.2, -0.15) is 0 Å². The lowest BCUT2D eigenvalue weighted by Crippen LogP contribution is -2.08. The van der Waals surface area contributed by atoms with Gasteiger partial charge in [-0.25, -0.2) is 15.0 Å². The zero-order valence-electron chi connectivity index (χ0n) is 21.9. The molecule has 0 bridgehead atoms. The van der Waals surface area contributed by atoms with Crippen molar-refractivity contribution in [1.29, 1.82) is 0 Å². The molecule has 3 heterocycles. The standard InChI is InChI=1S/C32H29N7/c1-20-14-27-24(11-13-35-32(27)33)21(2)28(20)18-37-31-16-30(38-19-39-31)36-17-22-9-10-25-23(15-22)6-5-7-26(25)29-8-3-4-12-34-29/h3-16,19H,17-18H2,1-2H3,(H2,33,35)(H2,36,37,38,39). The molecule has 6 rings (SSSR count). The predicted octanol–water partition coefficient (Wildman–Crippen LogP) is 6.66. The Bertz CT molecular complexity index is 1800. The van der Waals surface area contributed by atoms with Gasteiger partial charge in [0.25, 0.3) is 0 Å². The van der Waals surface area contributed by atoms with Crippen LogP contribution >= 0.6 is 0 Å². The van der Waals surface area contributed by atoms with E-state index in [-0.39, 0.29) is 0 Å². The van der Waals surface area contributed by atoms with Crippen LogP contribution in [0.2, 0.25) is 0 Å². The number of nitrogens with one attached hydrogen (secondary N) is 2.